The zero-order chi connectivity index (χ0) is 16.8. The molecular formula is C23H29N. The van der Waals surface area contributed by atoms with Crippen molar-refractivity contribution in [3.05, 3.63) is 35.4 Å². The monoisotopic (exact) mass is 319 g/mol. The SMILES string of the molecule is CC[C@H]1CC[C@H]([C@H]2CC[C@H](C#Cc3ccc(C#N)cc3)CC2)CC1. The second-order valence-electron chi connectivity index (χ2n) is 7.76. The molecule has 0 N–H and O–H groups in total. The topological polar surface area (TPSA) is 23.8 Å². The highest BCUT2D eigenvalue weighted by atomic mass is 14.3. The van der Waals surface area contributed by atoms with Gasteiger partial charge in [-0.1, -0.05) is 38.0 Å². The predicted octanol–water partition coefficient (Wildman–Crippen LogP) is 5.93. The summed E-state index contributed by atoms with van der Waals surface area (Å²) in [7, 11) is 0. The summed E-state index contributed by atoms with van der Waals surface area (Å²) in [6.45, 7) is 2.35. The standard InChI is InChI=1S/C23H29N/c1-2-18-9-13-22(14-10-18)23-15-11-20(12-16-23)4-3-19-5-7-21(17-24)8-6-19/h5-8,18,20,22-23H,2,9-16H2,1H3/t18-,20-,22-,23-. The molecule has 0 unspecified atom stereocenters. The van der Waals surface area contributed by atoms with Gasteiger partial charge in [-0.25, -0.2) is 0 Å². The van der Waals surface area contributed by atoms with Gasteiger partial charge in [-0.3, -0.25) is 0 Å². The van der Waals surface area contributed by atoms with Crippen LogP contribution >= 0.6 is 0 Å². The molecule has 2 aliphatic rings. The van der Waals surface area contributed by atoms with E-state index in [1.807, 2.05) is 24.3 Å². The Hall–Kier alpha value is -1.73. The molecule has 1 aromatic rings. The Morgan fingerprint density at radius 2 is 1.38 bits per heavy atom. The number of hydrogen-bond acceptors (Lipinski definition) is 1. The van der Waals surface area contributed by atoms with Crippen molar-refractivity contribution in [1.29, 1.82) is 5.26 Å². The molecule has 2 aliphatic carbocycles. The molecule has 0 amide bonds. The van der Waals surface area contributed by atoms with E-state index in [4.69, 9.17) is 5.26 Å². The molecule has 126 valence electrons. The van der Waals surface area contributed by atoms with Crippen LogP contribution in [0.1, 0.15) is 75.8 Å². The molecule has 0 aromatic heterocycles. The Morgan fingerprint density at radius 1 is 0.833 bits per heavy atom. The second-order valence-corrected chi connectivity index (χ2v) is 7.76. The average Bonchev–Trinajstić information content (AvgIpc) is 2.67. The molecule has 0 aliphatic heterocycles. The van der Waals surface area contributed by atoms with E-state index in [9.17, 15) is 0 Å². The minimum Gasteiger partial charge on any atom is -0.192 e. The molecule has 0 heterocycles. The van der Waals surface area contributed by atoms with E-state index in [0.717, 1.165) is 23.3 Å². The first-order valence-corrected chi connectivity index (χ1v) is 9.80. The third-order valence-electron chi connectivity index (χ3n) is 6.34. The largest absolute Gasteiger partial charge is 0.192 e. The summed E-state index contributed by atoms with van der Waals surface area (Å²) in [4.78, 5) is 0. The minimum absolute atomic E-state index is 0.573. The maximum absolute atomic E-state index is 8.84. The summed E-state index contributed by atoms with van der Waals surface area (Å²) < 4.78 is 0. The predicted molar refractivity (Wildman–Crippen MR) is 99.2 cm³/mol. The van der Waals surface area contributed by atoms with Crippen molar-refractivity contribution >= 4 is 0 Å². The van der Waals surface area contributed by atoms with E-state index in [1.54, 1.807) is 0 Å². The lowest BCUT2D eigenvalue weighted by Crippen LogP contribution is -2.25. The third kappa shape index (κ3) is 4.42. The van der Waals surface area contributed by atoms with E-state index in [2.05, 4.69) is 24.8 Å². The van der Waals surface area contributed by atoms with Gasteiger partial charge >= 0.3 is 0 Å². The lowest BCUT2D eigenvalue weighted by atomic mass is 9.69. The average molecular weight is 319 g/mol. The Labute approximate surface area is 147 Å². The van der Waals surface area contributed by atoms with Crippen LogP contribution in [-0.4, -0.2) is 0 Å². The van der Waals surface area contributed by atoms with Crippen molar-refractivity contribution in [3.8, 4) is 17.9 Å². The first-order valence-electron chi connectivity index (χ1n) is 9.80. The lowest BCUT2D eigenvalue weighted by molar-refractivity contribution is 0.156. The summed E-state index contributed by atoms with van der Waals surface area (Å²) in [5.41, 5.74) is 1.74. The van der Waals surface area contributed by atoms with Gasteiger partial charge in [0.05, 0.1) is 11.6 Å². The van der Waals surface area contributed by atoms with Gasteiger partial charge in [-0.2, -0.15) is 5.26 Å². The van der Waals surface area contributed by atoms with Crippen molar-refractivity contribution < 1.29 is 0 Å². The van der Waals surface area contributed by atoms with Gasteiger partial charge < -0.3 is 0 Å². The number of benzene rings is 1. The maximum Gasteiger partial charge on any atom is 0.0991 e. The van der Waals surface area contributed by atoms with Gasteiger partial charge in [-0.15, -0.1) is 0 Å². The van der Waals surface area contributed by atoms with Gasteiger partial charge in [0, 0.05) is 11.5 Å². The molecule has 0 bridgehead atoms. The summed E-state index contributed by atoms with van der Waals surface area (Å²) in [5, 5.41) is 8.84. The van der Waals surface area contributed by atoms with Crippen molar-refractivity contribution in [2.45, 2.75) is 64.7 Å². The van der Waals surface area contributed by atoms with Crippen molar-refractivity contribution in [2.24, 2.45) is 23.7 Å². The number of rotatable bonds is 2. The molecule has 0 spiro atoms. The zero-order valence-corrected chi connectivity index (χ0v) is 14.9. The van der Waals surface area contributed by atoms with Crippen LogP contribution in [0.15, 0.2) is 24.3 Å². The molecule has 24 heavy (non-hydrogen) atoms. The van der Waals surface area contributed by atoms with E-state index in [0.29, 0.717) is 11.5 Å². The Kier molecular flexibility index (Phi) is 5.98. The van der Waals surface area contributed by atoms with E-state index < -0.39 is 0 Å². The van der Waals surface area contributed by atoms with Crippen LogP contribution in [-0.2, 0) is 0 Å². The highest BCUT2D eigenvalue weighted by Crippen LogP contribution is 2.41. The van der Waals surface area contributed by atoms with Gasteiger partial charge in [-0.05, 0) is 80.5 Å². The molecule has 1 aromatic carbocycles. The maximum atomic E-state index is 8.84. The second kappa shape index (κ2) is 8.39. The van der Waals surface area contributed by atoms with E-state index in [1.165, 1.54) is 57.8 Å². The zero-order valence-electron chi connectivity index (χ0n) is 14.9. The molecular weight excluding hydrogens is 290 g/mol. The Balaban J connectivity index is 1.47. The molecule has 0 radical (unpaired) electrons. The van der Waals surface area contributed by atoms with Crippen LogP contribution in [0.5, 0.6) is 0 Å². The first kappa shape index (κ1) is 17.1. The van der Waals surface area contributed by atoms with E-state index >= 15 is 0 Å². The highest BCUT2D eigenvalue weighted by Gasteiger charge is 2.29. The molecule has 1 heteroatoms. The molecule has 0 atom stereocenters. The lowest BCUT2D eigenvalue weighted by Gasteiger charge is -2.36. The summed E-state index contributed by atoms with van der Waals surface area (Å²) in [6, 6.07) is 9.79. The van der Waals surface area contributed by atoms with Crippen molar-refractivity contribution in [3.63, 3.8) is 0 Å². The van der Waals surface area contributed by atoms with Crippen LogP contribution in [0.4, 0.5) is 0 Å². The smallest absolute Gasteiger partial charge is 0.0991 e. The summed E-state index contributed by atoms with van der Waals surface area (Å²) in [6.07, 6.45) is 12.6. The number of nitrogens with zero attached hydrogens (tertiary/aromatic N) is 1. The van der Waals surface area contributed by atoms with Gasteiger partial charge in [0.25, 0.3) is 0 Å². The molecule has 1 nitrogen and oxygen atoms in total. The van der Waals surface area contributed by atoms with Gasteiger partial charge in [0.1, 0.15) is 0 Å². The van der Waals surface area contributed by atoms with Crippen LogP contribution in [0.25, 0.3) is 0 Å². The number of hydrogen-bond donors (Lipinski definition) is 0. The molecule has 2 fully saturated rings. The fourth-order valence-electron chi connectivity index (χ4n) is 4.62. The van der Waals surface area contributed by atoms with E-state index in [-0.39, 0.29) is 0 Å². The fourth-order valence-corrected chi connectivity index (χ4v) is 4.62. The van der Waals surface area contributed by atoms with Crippen LogP contribution in [0.3, 0.4) is 0 Å². The molecule has 3 rings (SSSR count). The highest BCUT2D eigenvalue weighted by molar-refractivity contribution is 5.40. The normalized spacial score (nSPS) is 30.0. The van der Waals surface area contributed by atoms with Gasteiger partial charge in [0.2, 0.25) is 0 Å². The quantitative estimate of drug-likeness (QED) is 0.619. The Morgan fingerprint density at radius 3 is 1.92 bits per heavy atom. The van der Waals surface area contributed by atoms with Crippen molar-refractivity contribution in [1.82, 2.24) is 0 Å². The molecule has 0 saturated heterocycles. The van der Waals surface area contributed by atoms with Gasteiger partial charge in [0.15, 0.2) is 0 Å². The molecule has 2 saturated carbocycles. The summed E-state index contributed by atoms with van der Waals surface area (Å²) >= 11 is 0. The van der Waals surface area contributed by atoms with Crippen LogP contribution in [0.2, 0.25) is 0 Å². The van der Waals surface area contributed by atoms with Crippen molar-refractivity contribution in [2.75, 3.05) is 0 Å². The fraction of sp³-hybridized carbons (Fsp3) is 0.609. The minimum atomic E-state index is 0.573. The first-order chi connectivity index (χ1) is 11.8. The van der Waals surface area contributed by atoms with Crippen LogP contribution < -0.4 is 0 Å². The summed E-state index contributed by atoms with van der Waals surface area (Å²) in [5.74, 6) is 10.3. The number of nitriles is 1. The Bertz CT molecular complexity index is 609. The third-order valence-corrected chi connectivity index (χ3v) is 6.34. The van der Waals surface area contributed by atoms with Crippen LogP contribution in [0, 0.1) is 46.8 Å².